The topological polar surface area (TPSA) is 141 Å². The molecule has 1 saturated heterocycles. The summed E-state index contributed by atoms with van der Waals surface area (Å²) in [4.78, 5) is 38.8. The number of benzene rings is 3. The minimum Gasteiger partial charge on any atom is -0.459 e. The molecule has 220 valence electrons. The fourth-order valence-electron chi connectivity index (χ4n) is 3.93. The Morgan fingerprint density at radius 3 is 1.60 bits per heavy atom. The van der Waals surface area contributed by atoms with E-state index in [0.29, 0.717) is 0 Å². The van der Waals surface area contributed by atoms with Crippen LogP contribution in [0.4, 0.5) is 0 Å². The molecule has 4 rings (SSSR count). The molecule has 5 atom stereocenters. The lowest BCUT2D eigenvalue weighted by Crippen LogP contribution is -2.62. The smallest absolute Gasteiger partial charge is 0.338 e. The van der Waals surface area contributed by atoms with Crippen molar-refractivity contribution in [2.24, 2.45) is 0 Å². The zero-order valence-corrected chi connectivity index (χ0v) is 23.9. The third-order valence-corrected chi connectivity index (χ3v) is 6.51. The molecule has 0 bridgehead atoms. The highest BCUT2D eigenvalue weighted by molar-refractivity contribution is 6.76. The van der Waals surface area contributed by atoms with E-state index in [1.807, 2.05) is 0 Å². The van der Waals surface area contributed by atoms with Crippen LogP contribution < -0.4 is 0 Å². The van der Waals surface area contributed by atoms with Crippen molar-refractivity contribution in [3.8, 4) is 0 Å². The highest BCUT2D eigenvalue weighted by Crippen LogP contribution is 2.33. The van der Waals surface area contributed by atoms with Crippen molar-refractivity contribution in [1.82, 2.24) is 0 Å². The molecule has 0 spiro atoms. The summed E-state index contributed by atoms with van der Waals surface area (Å²) in [5, 5.41) is 19.2. The van der Waals surface area contributed by atoms with Crippen molar-refractivity contribution in [3.05, 3.63) is 108 Å². The number of hydrogen-bond acceptors (Lipinski definition) is 10. The molecule has 0 saturated carbocycles. The van der Waals surface area contributed by atoms with Gasteiger partial charge < -0.3 is 28.8 Å². The average molecular weight is 637 g/mol. The van der Waals surface area contributed by atoms with E-state index in [4.69, 9.17) is 63.9 Å². The average Bonchev–Trinajstić information content (AvgIpc) is 3.00. The standard InChI is InChI=1S/C29H24Cl3NO9/c30-29(31,32)28(33)42-27-21(34)23(41-26(37)19-14-8-3-9-15-19)22(40-25(36)18-12-6-2-7-13-18)20(39-27)16-38-24(35)17-10-4-1-5-11-17/h1-15,20-23,27,33-34H,16H2/t20-,21+,22-,23-,27?/m1/s1. The first kappa shape index (κ1) is 31.3. The molecule has 3 aromatic carbocycles. The van der Waals surface area contributed by atoms with Crippen LogP contribution >= 0.6 is 34.8 Å². The van der Waals surface area contributed by atoms with E-state index in [1.54, 1.807) is 54.6 Å². The lowest BCUT2D eigenvalue weighted by atomic mass is 9.98. The molecule has 0 amide bonds. The minimum atomic E-state index is -2.33. The highest BCUT2D eigenvalue weighted by Gasteiger charge is 2.52. The molecule has 13 heteroatoms. The molecule has 1 fully saturated rings. The Labute approximate surface area is 255 Å². The maximum atomic E-state index is 13.1. The van der Waals surface area contributed by atoms with Gasteiger partial charge in [-0.15, -0.1) is 0 Å². The molecule has 1 heterocycles. The third kappa shape index (κ3) is 7.99. The summed E-state index contributed by atoms with van der Waals surface area (Å²) in [6.45, 7) is -0.548. The fraction of sp³-hybridized carbons (Fsp3) is 0.241. The predicted octanol–water partition coefficient (Wildman–Crippen LogP) is 4.74. The second kappa shape index (κ2) is 14.0. The molecule has 42 heavy (non-hydrogen) atoms. The van der Waals surface area contributed by atoms with Gasteiger partial charge in [0.25, 0.3) is 3.79 Å². The number of carbonyl (C=O) groups is 3. The fourth-order valence-corrected chi connectivity index (χ4v) is 4.07. The van der Waals surface area contributed by atoms with Gasteiger partial charge in [0.2, 0.25) is 12.2 Å². The van der Waals surface area contributed by atoms with E-state index in [1.165, 1.54) is 36.4 Å². The van der Waals surface area contributed by atoms with Crippen LogP contribution in [0.25, 0.3) is 0 Å². The van der Waals surface area contributed by atoms with Crippen LogP contribution in [-0.2, 0) is 23.7 Å². The maximum Gasteiger partial charge on any atom is 0.338 e. The minimum absolute atomic E-state index is 0.128. The van der Waals surface area contributed by atoms with Gasteiger partial charge in [0.05, 0.1) is 16.7 Å². The van der Waals surface area contributed by atoms with Gasteiger partial charge in [-0.2, -0.15) is 0 Å². The van der Waals surface area contributed by atoms with Gasteiger partial charge in [-0.05, 0) is 36.4 Å². The summed E-state index contributed by atoms with van der Waals surface area (Å²) in [5.74, 6) is -3.37. The first-order valence-corrected chi connectivity index (χ1v) is 13.6. The van der Waals surface area contributed by atoms with Crippen LogP contribution in [0, 0.1) is 5.41 Å². The molecule has 3 aromatic rings. The SMILES string of the molecule is N=C(OC1O[C@H](COC(=O)c2ccccc2)[C@@H](OC(=O)c2ccccc2)[C@H](OC(=O)c2ccccc2)[C@@H]1O)C(Cl)(Cl)Cl. The first-order valence-electron chi connectivity index (χ1n) is 12.4. The number of ether oxygens (including phenoxy) is 5. The molecule has 0 aromatic heterocycles. The molecule has 1 aliphatic rings. The van der Waals surface area contributed by atoms with Gasteiger partial charge in [0.15, 0.2) is 18.3 Å². The van der Waals surface area contributed by atoms with E-state index in [9.17, 15) is 19.5 Å². The Hall–Kier alpha value is -3.67. The molecule has 1 unspecified atom stereocenters. The summed E-state index contributed by atoms with van der Waals surface area (Å²) in [5.41, 5.74) is 0.503. The van der Waals surface area contributed by atoms with Gasteiger partial charge >= 0.3 is 17.9 Å². The van der Waals surface area contributed by atoms with E-state index in [2.05, 4.69) is 0 Å². The summed E-state index contributed by atoms with van der Waals surface area (Å²) < 4.78 is 25.5. The van der Waals surface area contributed by atoms with E-state index >= 15 is 0 Å². The molecular weight excluding hydrogens is 613 g/mol. The number of aliphatic hydroxyl groups is 1. The van der Waals surface area contributed by atoms with Gasteiger partial charge in [-0.1, -0.05) is 89.4 Å². The maximum absolute atomic E-state index is 13.1. The van der Waals surface area contributed by atoms with Crippen LogP contribution in [0.3, 0.4) is 0 Å². The quantitative estimate of drug-likeness (QED) is 0.118. The number of aliphatic hydroxyl groups excluding tert-OH is 1. The first-order chi connectivity index (χ1) is 20.0. The number of halogens is 3. The lowest BCUT2D eigenvalue weighted by Gasteiger charge is -2.43. The Morgan fingerprint density at radius 2 is 1.14 bits per heavy atom. The molecule has 0 aliphatic carbocycles. The Kier molecular flexibility index (Phi) is 10.4. The number of esters is 3. The Bertz CT molecular complexity index is 1390. The van der Waals surface area contributed by atoms with Gasteiger partial charge in [0, 0.05) is 0 Å². The predicted molar refractivity (Wildman–Crippen MR) is 152 cm³/mol. The lowest BCUT2D eigenvalue weighted by molar-refractivity contribution is -0.280. The van der Waals surface area contributed by atoms with Gasteiger partial charge in [-0.25, -0.2) is 14.4 Å². The van der Waals surface area contributed by atoms with Crippen LogP contribution in [0.1, 0.15) is 31.1 Å². The van der Waals surface area contributed by atoms with Crippen LogP contribution in [0.5, 0.6) is 0 Å². The summed E-state index contributed by atoms with van der Waals surface area (Å²) in [7, 11) is 0. The van der Waals surface area contributed by atoms with Gasteiger partial charge in [0.1, 0.15) is 12.7 Å². The highest BCUT2D eigenvalue weighted by atomic mass is 35.6. The van der Waals surface area contributed by atoms with Crippen molar-refractivity contribution < 1.29 is 43.2 Å². The molecule has 0 radical (unpaired) electrons. The number of rotatable bonds is 8. The number of alkyl halides is 3. The monoisotopic (exact) mass is 635 g/mol. The van der Waals surface area contributed by atoms with Crippen LogP contribution in [-0.4, -0.2) is 70.0 Å². The van der Waals surface area contributed by atoms with Crippen molar-refractivity contribution in [2.45, 2.75) is 34.5 Å². The number of carbonyl (C=O) groups excluding carboxylic acids is 3. The van der Waals surface area contributed by atoms with E-state index in [-0.39, 0.29) is 16.7 Å². The molecule has 10 nitrogen and oxygen atoms in total. The van der Waals surface area contributed by atoms with Crippen LogP contribution in [0.2, 0.25) is 0 Å². The van der Waals surface area contributed by atoms with Crippen molar-refractivity contribution in [3.63, 3.8) is 0 Å². The molecule has 2 N–H and O–H groups in total. The van der Waals surface area contributed by atoms with Crippen molar-refractivity contribution >= 4 is 58.6 Å². The summed E-state index contributed by atoms with van der Waals surface area (Å²) in [6, 6.07) is 23.8. The van der Waals surface area contributed by atoms with Crippen molar-refractivity contribution in [1.29, 1.82) is 5.41 Å². The second-order valence-corrected chi connectivity index (χ2v) is 11.2. The largest absolute Gasteiger partial charge is 0.459 e. The van der Waals surface area contributed by atoms with E-state index in [0.717, 1.165) is 0 Å². The van der Waals surface area contributed by atoms with E-state index < -0.39 is 64.9 Å². The number of hydrogen-bond donors (Lipinski definition) is 2. The van der Waals surface area contributed by atoms with Gasteiger partial charge in [-0.3, -0.25) is 5.41 Å². The Morgan fingerprint density at radius 1 is 0.714 bits per heavy atom. The van der Waals surface area contributed by atoms with Crippen molar-refractivity contribution in [2.75, 3.05) is 6.61 Å². The third-order valence-electron chi connectivity index (χ3n) is 6.00. The normalized spacial score (nSPS) is 22.0. The van der Waals surface area contributed by atoms with Crippen LogP contribution in [0.15, 0.2) is 91.0 Å². The zero-order chi connectivity index (χ0) is 30.3. The molecular formula is C29H24Cl3NO9. The summed E-state index contributed by atoms with van der Waals surface area (Å²) >= 11 is 17.2. The zero-order valence-electron chi connectivity index (χ0n) is 21.6. The number of nitrogens with one attached hydrogen (secondary N) is 1. The second-order valence-electron chi connectivity index (χ2n) is 8.91. The summed E-state index contributed by atoms with van der Waals surface area (Å²) in [6.07, 6.45) is -8.18. The Balaban J connectivity index is 1.67. The molecule has 1 aliphatic heterocycles.